The number of aromatic nitrogens is 1. The van der Waals surface area contributed by atoms with Gasteiger partial charge in [-0.15, -0.1) is 11.1 Å². The molecule has 5 aromatic rings. The van der Waals surface area contributed by atoms with E-state index in [4.69, 9.17) is 23.1 Å². The van der Waals surface area contributed by atoms with Crippen molar-refractivity contribution in [1.29, 1.82) is 0 Å². The first-order valence-corrected chi connectivity index (χ1v) is 21.6. The molecule has 12 nitrogen and oxygen atoms in total. The van der Waals surface area contributed by atoms with Crippen LogP contribution in [0.2, 0.25) is 0 Å². The molecule has 1 heterocycles. The standard InChI is InChI=1S/C39H40NO7S.2C5H9O2.Li/c1-3-37-38(27-40-28-39(37)33-13-17-35(18-14-33)46-29-31-7-5-4-6-8-31)32-11-15-34(16-12-32)45-25-23-43-21-22-44-24-26-47-48(41,42)36-19-9-30(2)10-20-36;2*1-5(2,3)7-4-6;/h4-20,27H,3,21-26,29H2,1-2H3;2*1-3H3;/q3*-1;+1. The molecule has 0 atom stereocenters. The summed E-state index contributed by atoms with van der Waals surface area (Å²) in [7, 11) is -3.79. The van der Waals surface area contributed by atoms with E-state index >= 15 is 0 Å². The summed E-state index contributed by atoms with van der Waals surface area (Å²) in [5.41, 5.74) is 6.66. The van der Waals surface area contributed by atoms with Gasteiger partial charge in [-0.2, -0.15) is 8.42 Å². The Morgan fingerprint density at radius 3 is 1.65 bits per heavy atom. The number of pyridine rings is 1. The minimum atomic E-state index is -3.79. The second-order valence-electron chi connectivity index (χ2n) is 15.6. The Morgan fingerprint density at radius 1 is 0.635 bits per heavy atom. The summed E-state index contributed by atoms with van der Waals surface area (Å²) >= 11 is 0. The van der Waals surface area contributed by atoms with Crippen molar-refractivity contribution in [2.24, 2.45) is 0 Å². The summed E-state index contributed by atoms with van der Waals surface area (Å²) in [6, 6.07) is 32.6. The van der Waals surface area contributed by atoms with E-state index in [1.165, 1.54) is 30.6 Å². The third kappa shape index (κ3) is 21.3. The average Bonchev–Trinajstić information content (AvgIpc) is 3.24. The van der Waals surface area contributed by atoms with Crippen LogP contribution in [0.3, 0.4) is 0 Å². The van der Waals surface area contributed by atoms with Crippen LogP contribution < -0.4 is 28.3 Å². The zero-order chi connectivity index (χ0) is 45.4. The van der Waals surface area contributed by atoms with Crippen molar-refractivity contribution in [3.63, 3.8) is 0 Å². The second kappa shape index (κ2) is 27.9. The number of ether oxygens (including phenoxy) is 6. The van der Waals surface area contributed by atoms with Crippen molar-refractivity contribution >= 4 is 23.1 Å². The van der Waals surface area contributed by atoms with Crippen LogP contribution in [0, 0.1) is 13.1 Å². The van der Waals surface area contributed by atoms with Crippen LogP contribution in [0.15, 0.2) is 114 Å². The quantitative estimate of drug-likeness (QED) is 0.0379. The number of hydrogen-bond acceptors (Lipinski definition) is 12. The van der Waals surface area contributed by atoms with Gasteiger partial charge in [0.05, 0.1) is 49.1 Å². The van der Waals surface area contributed by atoms with Crippen molar-refractivity contribution in [2.45, 2.75) is 84.5 Å². The fourth-order valence-corrected chi connectivity index (χ4v) is 6.14. The SMILES string of the molecule is CC(C)(C)O[C-]=O.CC(C)(C)O[C-]=O.CCc1c(-c2ccc(OCc3ccccc3)cc2)[c-]ncc1-c1ccc(OCCOCCOCCOS(=O)(=O)c2ccc(C)cc2)cc1.[Li+]. The monoisotopic (exact) mass is 875 g/mol. The summed E-state index contributed by atoms with van der Waals surface area (Å²) in [6.07, 6.45) is 5.90. The zero-order valence-corrected chi connectivity index (χ0v) is 38.7. The molecule has 0 radical (unpaired) electrons. The molecule has 63 heavy (non-hydrogen) atoms. The van der Waals surface area contributed by atoms with Gasteiger partial charge in [-0.05, 0) is 108 Å². The third-order valence-corrected chi connectivity index (χ3v) is 9.57. The molecule has 0 spiro atoms. The molecule has 0 aliphatic carbocycles. The van der Waals surface area contributed by atoms with E-state index in [9.17, 15) is 18.0 Å². The molecule has 0 aliphatic rings. The maximum atomic E-state index is 12.2. The Balaban J connectivity index is 0.000000785. The molecule has 0 N–H and O–H groups in total. The van der Waals surface area contributed by atoms with E-state index in [0.717, 1.165) is 51.3 Å². The predicted molar refractivity (Wildman–Crippen MR) is 239 cm³/mol. The van der Waals surface area contributed by atoms with Gasteiger partial charge in [-0.25, -0.2) is 0 Å². The van der Waals surface area contributed by atoms with E-state index < -0.39 is 10.1 Å². The van der Waals surface area contributed by atoms with Crippen molar-refractivity contribution in [2.75, 3.05) is 39.6 Å². The molecular formula is C49H58LiNO11S-2. The number of hydrogen-bond donors (Lipinski definition) is 0. The van der Waals surface area contributed by atoms with Gasteiger partial charge in [0.2, 0.25) is 0 Å². The topological polar surface area (TPSA) is 146 Å². The molecule has 0 unspecified atom stereocenters. The van der Waals surface area contributed by atoms with Crippen LogP contribution in [-0.2, 0) is 55.9 Å². The minimum Gasteiger partial charge on any atom is -0.649 e. The molecule has 0 bridgehead atoms. The number of benzene rings is 4. The van der Waals surface area contributed by atoms with Crippen molar-refractivity contribution in [3.05, 3.63) is 132 Å². The molecule has 334 valence electrons. The Morgan fingerprint density at radius 2 is 1.14 bits per heavy atom. The van der Waals surface area contributed by atoms with E-state index in [-0.39, 0.29) is 48.2 Å². The summed E-state index contributed by atoms with van der Waals surface area (Å²) < 4.78 is 61.1. The maximum Gasteiger partial charge on any atom is 1.00 e. The van der Waals surface area contributed by atoms with Crippen molar-refractivity contribution in [3.8, 4) is 33.8 Å². The predicted octanol–water partition coefficient (Wildman–Crippen LogP) is 6.22. The van der Waals surface area contributed by atoms with Gasteiger partial charge >= 0.3 is 18.9 Å². The summed E-state index contributed by atoms with van der Waals surface area (Å²) in [6.45, 7) is 19.5. The molecule has 0 fully saturated rings. The van der Waals surface area contributed by atoms with Crippen LogP contribution in [-0.4, -0.2) is 77.2 Å². The first-order chi connectivity index (χ1) is 29.5. The Hall–Kier alpha value is -5.00. The van der Waals surface area contributed by atoms with Crippen LogP contribution in [0.5, 0.6) is 11.5 Å². The van der Waals surface area contributed by atoms with Crippen molar-refractivity contribution in [1.82, 2.24) is 4.98 Å². The minimum absolute atomic E-state index is 0. The number of carbonyl (C=O) groups excluding carboxylic acids is 2. The smallest absolute Gasteiger partial charge is 0.649 e. The summed E-state index contributed by atoms with van der Waals surface area (Å²) in [5.74, 6) is 1.55. The average molecular weight is 876 g/mol. The molecule has 4 aromatic carbocycles. The number of nitrogens with zero attached hydrogens (tertiary/aromatic N) is 1. The first kappa shape index (κ1) is 54.1. The second-order valence-corrected chi connectivity index (χ2v) is 17.2. The Bertz CT molecular complexity index is 2130. The van der Waals surface area contributed by atoms with Crippen LogP contribution in [0.25, 0.3) is 22.3 Å². The van der Waals surface area contributed by atoms with Gasteiger partial charge in [-0.1, -0.05) is 110 Å². The van der Waals surface area contributed by atoms with Gasteiger partial charge in [-0.3, -0.25) is 4.18 Å². The molecule has 0 amide bonds. The molecular weight excluding hydrogens is 818 g/mol. The summed E-state index contributed by atoms with van der Waals surface area (Å²) in [4.78, 5) is 23.5. The summed E-state index contributed by atoms with van der Waals surface area (Å²) in [5, 5.41) is 0. The van der Waals surface area contributed by atoms with Crippen molar-refractivity contribution < 1.29 is 69.5 Å². The largest absolute Gasteiger partial charge is 1.00 e. The van der Waals surface area contributed by atoms with E-state index in [1.54, 1.807) is 53.7 Å². The first-order valence-electron chi connectivity index (χ1n) is 20.2. The maximum absolute atomic E-state index is 12.2. The Kier molecular flexibility index (Phi) is 24.0. The molecule has 0 saturated heterocycles. The van der Waals surface area contributed by atoms with E-state index in [1.807, 2.05) is 79.9 Å². The number of rotatable bonds is 20. The molecule has 5 rings (SSSR count). The van der Waals surface area contributed by atoms with E-state index in [0.29, 0.717) is 33.0 Å². The molecule has 0 saturated carbocycles. The van der Waals surface area contributed by atoms with Crippen LogP contribution in [0.4, 0.5) is 0 Å². The van der Waals surface area contributed by atoms with Gasteiger partial charge in [0.15, 0.2) is 0 Å². The third-order valence-electron chi connectivity index (χ3n) is 8.25. The number of aryl methyl sites for hydroxylation is 1. The van der Waals surface area contributed by atoms with Gasteiger partial charge in [0.1, 0.15) is 24.7 Å². The molecule has 0 aliphatic heterocycles. The zero-order valence-electron chi connectivity index (χ0n) is 37.9. The van der Waals surface area contributed by atoms with Gasteiger partial charge in [0, 0.05) is 0 Å². The van der Waals surface area contributed by atoms with Crippen LogP contribution in [0.1, 0.15) is 65.2 Å². The van der Waals surface area contributed by atoms with Gasteiger partial charge in [0.25, 0.3) is 10.1 Å². The van der Waals surface area contributed by atoms with Crippen LogP contribution >= 0.6 is 0 Å². The fourth-order valence-electron chi connectivity index (χ4n) is 5.25. The Labute approximate surface area is 385 Å². The fraction of sp³-hybridized carbons (Fsp3) is 0.367. The van der Waals surface area contributed by atoms with Gasteiger partial charge < -0.3 is 43.0 Å². The normalized spacial score (nSPS) is 11.0. The van der Waals surface area contributed by atoms with E-state index in [2.05, 4.69) is 39.7 Å². The molecule has 14 heteroatoms. The molecule has 1 aromatic heterocycles.